The quantitative estimate of drug-likeness (QED) is 0.826. The SMILES string of the molecule is Cc1cc(C)c(C(=O)N2CCCC(CCC(=O)N3CCN(C)CC3)C2)o1. The van der Waals surface area contributed by atoms with Gasteiger partial charge < -0.3 is 19.1 Å². The van der Waals surface area contributed by atoms with E-state index in [0.717, 1.165) is 69.9 Å². The van der Waals surface area contributed by atoms with E-state index in [9.17, 15) is 9.59 Å². The molecule has 6 nitrogen and oxygen atoms in total. The van der Waals surface area contributed by atoms with E-state index in [1.54, 1.807) is 0 Å². The molecule has 0 N–H and O–H groups in total. The highest BCUT2D eigenvalue weighted by atomic mass is 16.4. The first-order valence-corrected chi connectivity index (χ1v) is 9.76. The number of carbonyl (C=O) groups is 2. The predicted molar refractivity (Wildman–Crippen MR) is 100 cm³/mol. The fraction of sp³-hybridized carbons (Fsp3) is 0.700. The molecule has 26 heavy (non-hydrogen) atoms. The molecule has 2 fully saturated rings. The van der Waals surface area contributed by atoms with E-state index in [1.807, 2.05) is 29.7 Å². The van der Waals surface area contributed by atoms with Gasteiger partial charge in [-0.15, -0.1) is 0 Å². The summed E-state index contributed by atoms with van der Waals surface area (Å²) in [7, 11) is 2.09. The Labute approximate surface area is 156 Å². The molecule has 1 aromatic heterocycles. The van der Waals surface area contributed by atoms with Crippen molar-refractivity contribution in [3.8, 4) is 0 Å². The molecule has 0 spiro atoms. The monoisotopic (exact) mass is 361 g/mol. The summed E-state index contributed by atoms with van der Waals surface area (Å²) in [4.78, 5) is 31.3. The molecule has 0 bridgehead atoms. The largest absolute Gasteiger partial charge is 0.456 e. The zero-order chi connectivity index (χ0) is 18.7. The van der Waals surface area contributed by atoms with Crippen LogP contribution in [0.2, 0.25) is 0 Å². The van der Waals surface area contributed by atoms with E-state index in [1.165, 1.54) is 0 Å². The van der Waals surface area contributed by atoms with E-state index in [4.69, 9.17) is 4.42 Å². The summed E-state index contributed by atoms with van der Waals surface area (Å²) in [5.41, 5.74) is 0.903. The first-order valence-electron chi connectivity index (χ1n) is 9.76. The number of hydrogen-bond acceptors (Lipinski definition) is 4. The smallest absolute Gasteiger partial charge is 0.289 e. The predicted octanol–water partition coefficient (Wildman–Crippen LogP) is 2.30. The van der Waals surface area contributed by atoms with E-state index in [0.29, 0.717) is 18.1 Å². The molecule has 0 aromatic carbocycles. The lowest BCUT2D eigenvalue weighted by Gasteiger charge is -2.34. The molecule has 1 aromatic rings. The number of likely N-dealkylation sites (N-methyl/N-ethyl adjacent to an activating group) is 1. The van der Waals surface area contributed by atoms with Crippen LogP contribution in [0, 0.1) is 19.8 Å². The number of nitrogens with zero attached hydrogens (tertiary/aromatic N) is 3. The van der Waals surface area contributed by atoms with Crippen LogP contribution in [-0.2, 0) is 4.79 Å². The van der Waals surface area contributed by atoms with Gasteiger partial charge in [0.2, 0.25) is 5.91 Å². The fourth-order valence-corrected chi connectivity index (χ4v) is 4.02. The van der Waals surface area contributed by atoms with Crippen LogP contribution in [0.4, 0.5) is 0 Å². The molecular weight excluding hydrogens is 330 g/mol. The molecule has 2 saturated heterocycles. The summed E-state index contributed by atoms with van der Waals surface area (Å²) in [5.74, 6) is 1.90. The summed E-state index contributed by atoms with van der Waals surface area (Å²) in [5, 5.41) is 0. The zero-order valence-electron chi connectivity index (χ0n) is 16.3. The number of amides is 2. The highest BCUT2D eigenvalue weighted by Crippen LogP contribution is 2.24. The van der Waals surface area contributed by atoms with Gasteiger partial charge in [-0.3, -0.25) is 9.59 Å². The van der Waals surface area contributed by atoms with Crippen molar-refractivity contribution in [2.24, 2.45) is 5.92 Å². The van der Waals surface area contributed by atoms with E-state index in [-0.39, 0.29) is 11.8 Å². The van der Waals surface area contributed by atoms with Crippen LogP contribution < -0.4 is 0 Å². The second-order valence-corrected chi connectivity index (χ2v) is 7.85. The van der Waals surface area contributed by atoms with Gasteiger partial charge in [0.25, 0.3) is 5.91 Å². The van der Waals surface area contributed by atoms with Gasteiger partial charge in [-0.1, -0.05) is 0 Å². The summed E-state index contributed by atoms with van der Waals surface area (Å²) >= 11 is 0. The number of likely N-dealkylation sites (tertiary alicyclic amines) is 1. The Morgan fingerprint density at radius 1 is 1.12 bits per heavy atom. The number of furan rings is 1. The maximum Gasteiger partial charge on any atom is 0.289 e. The molecule has 0 aliphatic carbocycles. The van der Waals surface area contributed by atoms with E-state index >= 15 is 0 Å². The Hall–Kier alpha value is -1.82. The van der Waals surface area contributed by atoms with Gasteiger partial charge in [0.05, 0.1) is 0 Å². The van der Waals surface area contributed by atoms with Crippen molar-refractivity contribution in [1.82, 2.24) is 14.7 Å². The summed E-state index contributed by atoms with van der Waals surface area (Å²) < 4.78 is 5.59. The molecule has 2 amide bonds. The summed E-state index contributed by atoms with van der Waals surface area (Å²) in [6.07, 6.45) is 3.55. The summed E-state index contributed by atoms with van der Waals surface area (Å²) in [6, 6.07) is 1.91. The van der Waals surface area contributed by atoms with Gasteiger partial charge in [-0.25, -0.2) is 0 Å². The minimum atomic E-state index is -0.00862. The molecule has 0 saturated carbocycles. The molecule has 144 valence electrons. The first kappa shape index (κ1) is 19.0. The van der Waals surface area contributed by atoms with Crippen LogP contribution in [0.25, 0.3) is 0 Å². The Balaban J connectivity index is 1.50. The average molecular weight is 361 g/mol. The number of carbonyl (C=O) groups excluding carboxylic acids is 2. The highest BCUT2D eigenvalue weighted by Gasteiger charge is 2.28. The molecule has 0 radical (unpaired) electrons. The molecule has 6 heteroatoms. The molecule has 1 unspecified atom stereocenters. The van der Waals surface area contributed by atoms with E-state index < -0.39 is 0 Å². The van der Waals surface area contributed by atoms with Gasteiger partial charge >= 0.3 is 0 Å². The van der Waals surface area contributed by atoms with Crippen LogP contribution in [-0.4, -0.2) is 72.8 Å². The number of aryl methyl sites for hydroxylation is 2. The number of rotatable bonds is 4. The Morgan fingerprint density at radius 3 is 2.50 bits per heavy atom. The van der Waals surface area contributed by atoms with Crippen LogP contribution in [0.1, 0.15) is 47.6 Å². The Kier molecular flexibility index (Phi) is 6.01. The molecule has 2 aliphatic rings. The van der Waals surface area contributed by atoms with Gasteiger partial charge in [0, 0.05) is 51.3 Å². The Bertz CT molecular complexity index is 647. The van der Waals surface area contributed by atoms with Crippen molar-refractivity contribution in [2.45, 2.75) is 39.5 Å². The lowest BCUT2D eigenvalue weighted by Crippen LogP contribution is -2.47. The topological polar surface area (TPSA) is 57.0 Å². The number of piperidine rings is 1. The minimum Gasteiger partial charge on any atom is -0.456 e. The first-order chi connectivity index (χ1) is 12.4. The lowest BCUT2D eigenvalue weighted by molar-refractivity contribution is -0.133. The van der Waals surface area contributed by atoms with Crippen molar-refractivity contribution in [1.29, 1.82) is 0 Å². The second-order valence-electron chi connectivity index (χ2n) is 7.85. The second kappa shape index (κ2) is 8.25. The molecular formula is C20H31N3O3. The highest BCUT2D eigenvalue weighted by molar-refractivity contribution is 5.93. The van der Waals surface area contributed by atoms with Crippen molar-refractivity contribution in [3.63, 3.8) is 0 Å². The number of hydrogen-bond donors (Lipinski definition) is 0. The molecule has 1 atom stereocenters. The molecule has 3 heterocycles. The van der Waals surface area contributed by atoms with Crippen molar-refractivity contribution < 1.29 is 14.0 Å². The fourth-order valence-electron chi connectivity index (χ4n) is 4.02. The van der Waals surface area contributed by atoms with Crippen molar-refractivity contribution in [2.75, 3.05) is 46.3 Å². The maximum absolute atomic E-state index is 12.7. The average Bonchev–Trinajstić information content (AvgIpc) is 2.98. The van der Waals surface area contributed by atoms with Gasteiger partial charge in [0.15, 0.2) is 5.76 Å². The third kappa shape index (κ3) is 4.47. The number of piperazine rings is 1. The van der Waals surface area contributed by atoms with Gasteiger partial charge in [-0.05, 0) is 52.1 Å². The maximum atomic E-state index is 12.7. The van der Waals surface area contributed by atoms with E-state index in [2.05, 4.69) is 11.9 Å². The van der Waals surface area contributed by atoms with Gasteiger partial charge in [0.1, 0.15) is 5.76 Å². The van der Waals surface area contributed by atoms with Crippen LogP contribution >= 0.6 is 0 Å². The van der Waals surface area contributed by atoms with Crippen LogP contribution in [0.15, 0.2) is 10.5 Å². The van der Waals surface area contributed by atoms with Crippen LogP contribution in [0.3, 0.4) is 0 Å². The van der Waals surface area contributed by atoms with Crippen molar-refractivity contribution >= 4 is 11.8 Å². The summed E-state index contributed by atoms with van der Waals surface area (Å²) in [6.45, 7) is 8.88. The minimum absolute atomic E-state index is 0.00862. The van der Waals surface area contributed by atoms with Gasteiger partial charge in [-0.2, -0.15) is 0 Å². The molecule has 2 aliphatic heterocycles. The molecule has 3 rings (SSSR count). The van der Waals surface area contributed by atoms with Crippen LogP contribution in [0.5, 0.6) is 0 Å². The third-order valence-corrected chi connectivity index (χ3v) is 5.66. The Morgan fingerprint density at radius 2 is 1.85 bits per heavy atom. The third-order valence-electron chi connectivity index (χ3n) is 5.66. The standard InChI is InChI=1S/C20H31N3O3/c1-15-13-16(2)26-19(15)20(25)23-8-4-5-17(14-23)6-7-18(24)22-11-9-21(3)10-12-22/h13,17H,4-12,14H2,1-3H3. The lowest BCUT2D eigenvalue weighted by atomic mass is 9.93. The zero-order valence-corrected chi connectivity index (χ0v) is 16.3. The van der Waals surface area contributed by atoms with Crippen molar-refractivity contribution in [3.05, 3.63) is 23.2 Å². The normalized spacial score (nSPS) is 21.9.